The lowest BCUT2D eigenvalue weighted by molar-refractivity contribution is -0.150. The Hall–Kier alpha value is -1.06. The van der Waals surface area contributed by atoms with Crippen LogP contribution in [0.25, 0.3) is 0 Å². The van der Waals surface area contributed by atoms with Crippen LogP contribution in [0.2, 0.25) is 0 Å². The van der Waals surface area contributed by atoms with Gasteiger partial charge in [-0.25, -0.2) is 0 Å². The molecule has 0 radical (unpaired) electrons. The summed E-state index contributed by atoms with van der Waals surface area (Å²) in [7, 11) is 0. The lowest BCUT2D eigenvalue weighted by Crippen LogP contribution is -2.45. The van der Waals surface area contributed by atoms with Crippen LogP contribution in [0.1, 0.15) is 46.0 Å². The van der Waals surface area contributed by atoms with E-state index in [-0.39, 0.29) is 17.9 Å². The molecule has 1 N–H and O–H groups in total. The zero-order valence-electron chi connectivity index (χ0n) is 10.2. The van der Waals surface area contributed by atoms with Crippen LogP contribution in [0.3, 0.4) is 0 Å². The van der Waals surface area contributed by atoms with Crippen molar-refractivity contribution in [1.29, 1.82) is 0 Å². The lowest BCUT2D eigenvalue weighted by atomic mass is 9.74. The van der Waals surface area contributed by atoms with Gasteiger partial charge in [-0.05, 0) is 19.8 Å². The highest BCUT2D eigenvalue weighted by Crippen LogP contribution is 2.37. The van der Waals surface area contributed by atoms with Crippen molar-refractivity contribution in [1.82, 2.24) is 4.90 Å². The molecule has 1 rings (SSSR count). The second-order valence-electron chi connectivity index (χ2n) is 4.83. The Kier molecular flexibility index (Phi) is 4.33. The van der Waals surface area contributed by atoms with E-state index in [4.69, 9.17) is 5.11 Å². The quantitative estimate of drug-likeness (QED) is 0.798. The Balaban J connectivity index is 2.68. The summed E-state index contributed by atoms with van der Waals surface area (Å²) < 4.78 is 0. The number of carbonyl (C=O) groups is 2. The molecule has 1 aliphatic carbocycles. The van der Waals surface area contributed by atoms with Crippen LogP contribution < -0.4 is 0 Å². The monoisotopic (exact) mass is 227 g/mol. The zero-order chi connectivity index (χ0) is 12.2. The average Bonchev–Trinajstić information content (AvgIpc) is 2.25. The molecule has 0 aromatic heterocycles. The van der Waals surface area contributed by atoms with Crippen molar-refractivity contribution in [2.24, 2.45) is 5.41 Å². The van der Waals surface area contributed by atoms with Gasteiger partial charge in [-0.1, -0.05) is 26.2 Å². The molecule has 16 heavy (non-hydrogen) atoms. The highest BCUT2D eigenvalue weighted by atomic mass is 16.4. The highest BCUT2D eigenvalue weighted by molar-refractivity contribution is 5.85. The van der Waals surface area contributed by atoms with E-state index in [1.807, 2.05) is 13.8 Å². The Morgan fingerprint density at radius 1 is 1.25 bits per heavy atom. The second-order valence-corrected chi connectivity index (χ2v) is 4.83. The molecule has 92 valence electrons. The van der Waals surface area contributed by atoms with E-state index in [0.717, 1.165) is 25.7 Å². The van der Waals surface area contributed by atoms with Gasteiger partial charge in [0.25, 0.3) is 0 Å². The van der Waals surface area contributed by atoms with Crippen molar-refractivity contribution in [2.45, 2.75) is 46.0 Å². The minimum Gasteiger partial charge on any atom is -0.480 e. The van der Waals surface area contributed by atoms with Crippen molar-refractivity contribution in [3.8, 4) is 0 Å². The first-order valence-electron chi connectivity index (χ1n) is 6.01. The molecule has 0 spiro atoms. The maximum absolute atomic E-state index is 12.2. The number of likely N-dealkylation sites (N-methyl/N-ethyl adjacent to an activating group) is 1. The number of hydrogen-bond acceptors (Lipinski definition) is 2. The maximum Gasteiger partial charge on any atom is 0.323 e. The number of nitrogens with zero attached hydrogens (tertiary/aromatic N) is 1. The average molecular weight is 227 g/mol. The van der Waals surface area contributed by atoms with E-state index in [0.29, 0.717) is 6.54 Å². The normalized spacial score (nSPS) is 19.1. The standard InChI is InChI=1S/C12H21NO3/c1-3-13(9-10(14)15)11(16)12(2)7-5-4-6-8-12/h3-9H2,1-2H3,(H,14,15). The fourth-order valence-electron chi connectivity index (χ4n) is 2.42. The Morgan fingerprint density at radius 2 is 1.81 bits per heavy atom. The summed E-state index contributed by atoms with van der Waals surface area (Å²) in [6.07, 6.45) is 5.12. The van der Waals surface area contributed by atoms with Crippen LogP contribution in [-0.2, 0) is 9.59 Å². The van der Waals surface area contributed by atoms with Crippen molar-refractivity contribution in [3.63, 3.8) is 0 Å². The van der Waals surface area contributed by atoms with Crippen molar-refractivity contribution in [2.75, 3.05) is 13.1 Å². The van der Waals surface area contributed by atoms with Gasteiger partial charge in [0.2, 0.25) is 5.91 Å². The van der Waals surface area contributed by atoms with E-state index in [9.17, 15) is 9.59 Å². The number of amides is 1. The van der Waals surface area contributed by atoms with Crippen LogP contribution >= 0.6 is 0 Å². The third kappa shape index (κ3) is 2.97. The molecule has 4 nitrogen and oxygen atoms in total. The topological polar surface area (TPSA) is 57.6 Å². The predicted octanol–water partition coefficient (Wildman–Crippen LogP) is 1.89. The SMILES string of the molecule is CCN(CC(=O)O)C(=O)C1(C)CCCCC1. The van der Waals surface area contributed by atoms with E-state index in [2.05, 4.69) is 0 Å². The molecule has 0 aromatic rings. The predicted molar refractivity (Wildman–Crippen MR) is 61.1 cm³/mol. The third-order valence-electron chi connectivity index (χ3n) is 3.47. The smallest absolute Gasteiger partial charge is 0.323 e. The summed E-state index contributed by atoms with van der Waals surface area (Å²) in [5, 5.41) is 8.75. The van der Waals surface area contributed by atoms with Gasteiger partial charge in [0.15, 0.2) is 0 Å². The molecule has 1 saturated carbocycles. The molecule has 0 unspecified atom stereocenters. The molecular weight excluding hydrogens is 206 g/mol. The number of carboxylic acid groups (broad SMARTS) is 1. The van der Waals surface area contributed by atoms with Gasteiger partial charge in [0.1, 0.15) is 6.54 Å². The van der Waals surface area contributed by atoms with Crippen LogP contribution in [0, 0.1) is 5.41 Å². The third-order valence-corrected chi connectivity index (χ3v) is 3.47. The molecule has 0 bridgehead atoms. The summed E-state index contributed by atoms with van der Waals surface area (Å²) >= 11 is 0. The number of hydrogen-bond donors (Lipinski definition) is 1. The van der Waals surface area contributed by atoms with Crippen molar-refractivity contribution in [3.05, 3.63) is 0 Å². The zero-order valence-corrected chi connectivity index (χ0v) is 10.2. The second kappa shape index (κ2) is 5.32. The van der Waals surface area contributed by atoms with Crippen LogP contribution in [-0.4, -0.2) is 35.0 Å². The van der Waals surface area contributed by atoms with Crippen LogP contribution in [0.15, 0.2) is 0 Å². The summed E-state index contributed by atoms with van der Waals surface area (Å²) in [5.74, 6) is -0.924. The van der Waals surface area contributed by atoms with Gasteiger partial charge >= 0.3 is 5.97 Å². The summed E-state index contributed by atoms with van der Waals surface area (Å²) in [6.45, 7) is 4.09. The first-order chi connectivity index (χ1) is 7.49. The first kappa shape index (κ1) is 13.0. The fraction of sp³-hybridized carbons (Fsp3) is 0.833. The largest absolute Gasteiger partial charge is 0.480 e. The van der Waals surface area contributed by atoms with Gasteiger partial charge < -0.3 is 10.0 Å². The molecule has 1 fully saturated rings. The molecule has 0 aliphatic heterocycles. The van der Waals surface area contributed by atoms with E-state index in [1.165, 1.54) is 11.3 Å². The molecule has 0 atom stereocenters. The Labute approximate surface area is 96.6 Å². The van der Waals surface area contributed by atoms with E-state index in [1.54, 1.807) is 0 Å². The molecule has 0 heterocycles. The highest BCUT2D eigenvalue weighted by Gasteiger charge is 2.37. The minimum atomic E-state index is -0.936. The number of aliphatic carboxylic acids is 1. The Morgan fingerprint density at radius 3 is 2.25 bits per heavy atom. The van der Waals surface area contributed by atoms with Gasteiger partial charge in [-0.15, -0.1) is 0 Å². The molecular formula is C12H21NO3. The Bertz CT molecular complexity index is 269. The number of carbonyl (C=O) groups excluding carboxylic acids is 1. The van der Waals surface area contributed by atoms with Crippen molar-refractivity contribution >= 4 is 11.9 Å². The van der Waals surface area contributed by atoms with Crippen LogP contribution in [0.5, 0.6) is 0 Å². The summed E-state index contributed by atoms with van der Waals surface area (Å²) in [6, 6.07) is 0. The lowest BCUT2D eigenvalue weighted by Gasteiger charge is -2.36. The molecule has 0 aromatic carbocycles. The first-order valence-corrected chi connectivity index (χ1v) is 6.01. The molecule has 0 saturated heterocycles. The van der Waals surface area contributed by atoms with Gasteiger partial charge in [0, 0.05) is 12.0 Å². The van der Waals surface area contributed by atoms with Crippen molar-refractivity contribution < 1.29 is 14.7 Å². The summed E-state index contributed by atoms with van der Waals surface area (Å²) in [5.41, 5.74) is -0.330. The number of carboxylic acids is 1. The minimum absolute atomic E-state index is 0.0112. The molecule has 1 amide bonds. The fourth-order valence-corrected chi connectivity index (χ4v) is 2.42. The number of rotatable bonds is 4. The van der Waals surface area contributed by atoms with E-state index < -0.39 is 5.97 Å². The van der Waals surface area contributed by atoms with Gasteiger partial charge in [0.05, 0.1) is 0 Å². The summed E-state index contributed by atoms with van der Waals surface area (Å²) in [4.78, 5) is 24.4. The maximum atomic E-state index is 12.2. The molecule has 1 aliphatic rings. The van der Waals surface area contributed by atoms with Gasteiger partial charge in [-0.3, -0.25) is 9.59 Å². The van der Waals surface area contributed by atoms with E-state index >= 15 is 0 Å². The van der Waals surface area contributed by atoms with Crippen LogP contribution in [0.4, 0.5) is 0 Å². The molecule has 4 heteroatoms. The van der Waals surface area contributed by atoms with Gasteiger partial charge in [-0.2, -0.15) is 0 Å².